The first kappa shape index (κ1) is 11.5. The van der Waals surface area contributed by atoms with Crippen molar-refractivity contribution in [1.82, 2.24) is 5.32 Å². The van der Waals surface area contributed by atoms with E-state index in [0.717, 1.165) is 12.5 Å². The summed E-state index contributed by atoms with van der Waals surface area (Å²) in [5, 5.41) is 4.00. The molecule has 1 aromatic rings. The number of nitrogens with one attached hydrogen (secondary N) is 1. The Morgan fingerprint density at radius 3 is 2.76 bits per heavy atom. The highest BCUT2D eigenvalue weighted by molar-refractivity contribution is 6.30. The van der Waals surface area contributed by atoms with Crippen LogP contribution in [0, 0.1) is 17.2 Å². The highest BCUT2D eigenvalue weighted by atomic mass is 35.5. The lowest BCUT2D eigenvalue weighted by Crippen LogP contribution is -2.25. The highest BCUT2D eigenvalue weighted by Gasteiger charge is 2.53. The molecule has 92 valence electrons. The van der Waals surface area contributed by atoms with Crippen molar-refractivity contribution in [3.05, 3.63) is 34.6 Å². The van der Waals surface area contributed by atoms with Crippen molar-refractivity contribution in [1.29, 1.82) is 0 Å². The Morgan fingerprint density at radius 1 is 1.35 bits per heavy atom. The zero-order chi connectivity index (χ0) is 11.9. The van der Waals surface area contributed by atoms with Crippen LogP contribution in [0.1, 0.15) is 31.2 Å². The molecule has 0 bridgehead atoms. The lowest BCUT2D eigenvalue weighted by Gasteiger charge is -2.15. The average Bonchev–Trinajstić information content (AvgIpc) is 3.14. The minimum absolute atomic E-state index is 0.168. The third-order valence-corrected chi connectivity index (χ3v) is 4.37. The first-order chi connectivity index (χ1) is 8.20. The van der Waals surface area contributed by atoms with E-state index < -0.39 is 0 Å². The Kier molecular flexibility index (Phi) is 2.87. The summed E-state index contributed by atoms with van der Waals surface area (Å²) >= 11 is 5.86. The number of halogens is 2. The third kappa shape index (κ3) is 2.48. The molecule has 0 amide bonds. The largest absolute Gasteiger partial charge is 0.312 e. The molecule has 2 aliphatic carbocycles. The molecule has 0 heterocycles. The summed E-state index contributed by atoms with van der Waals surface area (Å²) < 4.78 is 13.5. The van der Waals surface area contributed by atoms with E-state index in [4.69, 9.17) is 11.6 Å². The molecule has 3 heteroatoms. The van der Waals surface area contributed by atoms with E-state index in [2.05, 4.69) is 5.32 Å². The van der Waals surface area contributed by atoms with E-state index in [1.165, 1.54) is 31.7 Å². The normalized spacial score (nSPS) is 21.5. The fraction of sp³-hybridized carbons (Fsp3) is 0.571. The predicted molar refractivity (Wildman–Crippen MR) is 67.5 cm³/mol. The van der Waals surface area contributed by atoms with Gasteiger partial charge in [0, 0.05) is 23.7 Å². The van der Waals surface area contributed by atoms with Crippen LogP contribution in [0.5, 0.6) is 0 Å². The van der Waals surface area contributed by atoms with Gasteiger partial charge in [-0.05, 0) is 55.2 Å². The van der Waals surface area contributed by atoms with Crippen molar-refractivity contribution in [3.63, 3.8) is 0 Å². The molecule has 0 aromatic heterocycles. The van der Waals surface area contributed by atoms with E-state index in [1.807, 2.05) is 0 Å². The molecule has 2 aliphatic rings. The standard InChI is InChI=1S/C14H17ClFN/c15-12-3-4-13(16)10(7-12)8-17-9-14(5-6-14)11-1-2-11/h3-4,7,11,17H,1-2,5-6,8-9H2. The second kappa shape index (κ2) is 4.25. The quantitative estimate of drug-likeness (QED) is 0.843. The summed E-state index contributed by atoms with van der Waals surface area (Å²) in [4.78, 5) is 0. The van der Waals surface area contributed by atoms with Gasteiger partial charge in [-0.15, -0.1) is 0 Å². The van der Waals surface area contributed by atoms with Gasteiger partial charge in [0.05, 0.1) is 0 Å². The van der Waals surface area contributed by atoms with Crippen LogP contribution in [0.15, 0.2) is 18.2 Å². The van der Waals surface area contributed by atoms with Gasteiger partial charge in [0.1, 0.15) is 5.82 Å². The van der Waals surface area contributed by atoms with E-state index in [-0.39, 0.29) is 5.82 Å². The number of benzene rings is 1. The van der Waals surface area contributed by atoms with E-state index in [1.54, 1.807) is 12.1 Å². The van der Waals surface area contributed by atoms with Gasteiger partial charge in [-0.25, -0.2) is 4.39 Å². The van der Waals surface area contributed by atoms with E-state index >= 15 is 0 Å². The lowest BCUT2D eigenvalue weighted by atomic mass is 10.0. The fourth-order valence-electron chi connectivity index (χ4n) is 2.71. The molecule has 1 nitrogen and oxygen atoms in total. The maximum Gasteiger partial charge on any atom is 0.127 e. The monoisotopic (exact) mass is 253 g/mol. The van der Waals surface area contributed by atoms with Crippen LogP contribution in [-0.4, -0.2) is 6.54 Å². The summed E-state index contributed by atoms with van der Waals surface area (Å²) in [7, 11) is 0. The zero-order valence-corrected chi connectivity index (χ0v) is 10.6. The van der Waals surface area contributed by atoms with Crippen molar-refractivity contribution < 1.29 is 4.39 Å². The van der Waals surface area contributed by atoms with E-state index in [9.17, 15) is 4.39 Å². The zero-order valence-electron chi connectivity index (χ0n) is 9.81. The van der Waals surface area contributed by atoms with Gasteiger partial charge in [-0.3, -0.25) is 0 Å². The van der Waals surface area contributed by atoms with Crippen molar-refractivity contribution in [2.24, 2.45) is 11.3 Å². The Balaban J connectivity index is 1.55. The Hall–Kier alpha value is -0.600. The van der Waals surface area contributed by atoms with Gasteiger partial charge in [-0.2, -0.15) is 0 Å². The van der Waals surface area contributed by atoms with Gasteiger partial charge in [-0.1, -0.05) is 11.6 Å². The van der Waals surface area contributed by atoms with Crippen molar-refractivity contribution >= 4 is 11.6 Å². The van der Waals surface area contributed by atoms with Gasteiger partial charge in [0.15, 0.2) is 0 Å². The second-order valence-electron chi connectivity index (χ2n) is 5.48. The lowest BCUT2D eigenvalue weighted by molar-refractivity contribution is 0.401. The summed E-state index contributed by atoms with van der Waals surface area (Å²) in [6.45, 7) is 1.62. The van der Waals surface area contributed by atoms with Gasteiger partial charge >= 0.3 is 0 Å². The second-order valence-corrected chi connectivity index (χ2v) is 5.91. The Labute approximate surface area is 106 Å². The minimum Gasteiger partial charge on any atom is -0.312 e. The molecule has 0 aliphatic heterocycles. The average molecular weight is 254 g/mol. The van der Waals surface area contributed by atoms with Crippen LogP contribution in [0.25, 0.3) is 0 Å². The van der Waals surface area contributed by atoms with Crippen molar-refractivity contribution in [3.8, 4) is 0 Å². The van der Waals surface area contributed by atoms with Crippen molar-refractivity contribution in [2.45, 2.75) is 32.2 Å². The van der Waals surface area contributed by atoms with Crippen LogP contribution in [0.4, 0.5) is 4.39 Å². The fourth-order valence-corrected chi connectivity index (χ4v) is 2.91. The van der Waals surface area contributed by atoms with Gasteiger partial charge < -0.3 is 5.32 Å². The third-order valence-electron chi connectivity index (χ3n) is 4.14. The number of hydrogen-bond acceptors (Lipinski definition) is 1. The molecule has 2 fully saturated rings. The van der Waals surface area contributed by atoms with Gasteiger partial charge in [0.25, 0.3) is 0 Å². The van der Waals surface area contributed by atoms with Crippen LogP contribution >= 0.6 is 11.6 Å². The molecule has 0 saturated heterocycles. The minimum atomic E-state index is -0.168. The van der Waals surface area contributed by atoms with Crippen molar-refractivity contribution in [2.75, 3.05) is 6.54 Å². The first-order valence-electron chi connectivity index (χ1n) is 6.34. The van der Waals surface area contributed by atoms with E-state index in [0.29, 0.717) is 22.5 Å². The summed E-state index contributed by atoms with van der Waals surface area (Å²) in [6, 6.07) is 4.74. The Morgan fingerprint density at radius 2 is 2.12 bits per heavy atom. The maximum atomic E-state index is 13.5. The summed E-state index contributed by atoms with van der Waals surface area (Å²) in [6.07, 6.45) is 5.49. The topological polar surface area (TPSA) is 12.0 Å². The smallest absolute Gasteiger partial charge is 0.127 e. The predicted octanol–water partition coefficient (Wildman–Crippen LogP) is 3.76. The highest BCUT2D eigenvalue weighted by Crippen LogP contribution is 2.60. The molecular weight excluding hydrogens is 237 g/mol. The molecule has 17 heavy (non-hydrogen) atoms. The van der Waals surface area contributed by atoms with Crippen LogP contribution in [0.2, 0.25) is 5.02 Å². The van der Waals surface area contributed by atoms with Gasteiger partial charge in [0.2, 0.25) is 0 Å². The Bertz CT molecular complexity index is 424. The summed E-state index contributed by atoms with van der Waals surface area (Å²) in [5.74, 6) is 0.775. The molecule has 2 saturated carbocycles. The van der Waals surface area contributed by atoms with Crippen LogP contribution in [-0.2, 0) is 6.54 Å². The molecule has 0 radical (unpaired) electrons. The molecule has 3 rings (SSSR count). The molecule has 0 unspecified atom stereocenters. The molecule has 0 spiro atoms. The SMILES string of the molecule is Fc1ccc(Cl)cc1CNCC1(C2CC2)CC1. The van der Waals surface area contributed by atoms with Crippen LogP contribution in [0.3, 0.4) is 0 Å². The molecule has 1 N–H and O–H groups in total. The summed E-state index contributed by atoms with van der Waals surface area (Å²) in [5.41, 5.74) is 1.23. The number of hydrogen-bond donors (Lipinski definition) is 1. The maximum absolute atomic E-state index is 13.5. The molecule has 1 aromatic carbocycles. The molecule has 0 atom stereocenters. The first-order valence-corrected chi connectivity index (χ1v) is 6.72. The molecular formula is C14H17ClFN. The number of rotatable bonds is 5. The van der Waals surface area contributed by atoms with Crippen LogP contribution < -0.4 is 5.32 Å².